The third kappa shape index (κ3) is 4.78. The van der Waals surface area contributed by atoms with Gasteiger partial charge in [0.2, 0.25) is 0 Å². The van der Waals surface area contributed by atoms with Crippen LogP contribution in [0.5, 0.6) is 11.5 Å². The monoisotopic (exact) mass is 389 g/mol. The largest absolute Gasteiger partial charge is 0.493 e. The second-order valence-electron chi connectivity index (χ2n) is 6.62. The molecule has 1 aliphatic rings. The molecule has 0 N–H and O–H groups in total. The fourth-order valence-electron chi connectivity index (χ4n) is 3.24. The Bertz CT molecular complexity index is 770. The maximum Gasteiger partial charge on any atom is 0.254 e. The minimum atomic E-state index is 0.0366. The van der Waals surface area contributed by atoms with Crippen molar-refractivity contribution in [3.63, 3.8) is 0 Å². The number of carbonyl (C=O) groups is 1. The lowest BCUT2D eigenvalue weighted by Gasteiger charge is -2.34. The summed E-state index contributed by atoms with van der Waals surface area (Å²) in [6, 6.07) is 5.32. The molecule has 0 bridgehead atoms. The van der Waals surface area contributed by atoms with E-state index in [2.05, 4.69) is 17.2 Å². The van der Waals surface area contributed by atoms with E-state index in [-0.39, 0.29) is 5.91 Å². The van der Waals surface area contributed by atoms with E-state index >= 15 is 0 Å². The Balaban J connectivity index is 1.56. The minimum Gasteiger partial charge on any atom is -0.493 e. The topological polar surface area (TPSA) is 54.9 Å². The number of amides is 1. The van der Waals surface area contributed by atoms with Gasteiger partial charge in [-0.05, 0) is 31.0 Å². The number of rotatable bonds is 7. The predicted molar refractivity (Wildman–Crippen MR) is 107 cm³/mol. The van der Waals surface area contributed by atoms with Gasteiger partial charge in [-0.3, -0.25) is 9.69 Å². The van der Waals surface area contributed by atoms with E-state index in [0.717, 1.165) is 51.3 Å². The molecule has 1 aromatic heterocycles. The van der Waals surface area contributed by atoms with Crippen LogP contribution < -0.4 is 9.47 Å². The average molecular weight is 390 g/mol. The van der Waals surface area contributed by atoms with Crippen LogP contribution in [0.2, 0.25) is 0 Å². The molecule has 0 spiro atoms. The van der Waals surface area contributed by atoms with Crippen molar-refractivity contribution >= 4 is 17.2 Å². The molecule has 1 aliphatic heterocycles. The van der Waals surface area contributed by atoms with Crippen molar-refractivity contribution in [3.05, 3.63) is 39.8 Å². The summed E-state index contributed by atoms with van der Waals surface area (Å²) in [7, 11) is 3.17. The number of hydrogen-bond acceptors (Lipinski definition) is 6. The molecule has 27 heavy (non-hydrogen) atoms. The molecule has 1 fully saturated rings. The summed E-state index contributed by atoms with van der Waals surface area (Å²) in [5, 5.41) is 3.38. The molecule has 3 rings (SSSR count). The van der Waals surface area contributed by atoms with Gasteiger partial charge in [-0.2, -0.15) is 0 Å². The van der Waals surface area contributed by atoms with Gasteiger partial charge in [-0.25, -0.2) is 4.98 Å². The molecule has 1 saturated heterocycles. The molecule has 0 saturated carbocycles. The molecule has 146 valence electrons. The van der Waals surface area contributed by atoms with Crippen LogP contribution in [0.1, 0.15) is 34.4 Å². The number of methoxy groups -OCH3 is 2. The first-order valence-corrected chi connectivity index (χ1v) is 10.2. The maximum atomic E-state index is 12.8. The number of nitrogens with zero attached hydrogens (tertiary/aromatic N) is 3. The molecule has 0 atom stereocenters. The van der Waals surface area contributed by atoms with Gasteiger partial charge in [-0.15, -0.1) is 11.3 Å². The Morgan fingerprint density at radius 3 is 2.56 bits per heavy atom. The van der Waals surface area contributed by atoms with Crippen molar-refractivity contribution in [2.75, 3.05) is 40.4 Å². The molecule has 1 amide bonds. The van der Waals surface area contributed by atoms with E-state index in [1.165, 1.54) is 5.01 Å². The van der Waals surface area contributed by atoms with E-state index in [1.54, 1.807) is 43.8 Å². The summed E-state index contributed by atoms with van der Waals surface area (Å²) >= 11 is 1.75. The van der Waals surface area contributed by atoms with Crippen molar-refractivity contribution in [3.8, 4) is 11.5 Å². The van der Waals surface area contributed by atoms with Gasteiger partial charge in [0, 0.05) is 43.7 Å². The van der Waals surface area contributed by atoms with Crippen LogP contribution in [0.3, 0.4) is 0 Å². The molecular weight excluding hydrogens is 362 g/mol. The fourth-order valence-corrected chi connectivity index (χ4v) is 4.13. The fraction of sp³-hybridized carbons (Fsp3) is 0.500. The van der Waals surface area contributed by atoms with Crippen LogP contribution >= 0.6 is 11.3 Å². The summed E-state index contributed by atoms with van der Waals surface area (Å²) in [6.07, 6.45) is 2.18. The number of piperazine rings is 1. The minimum absolute atomic E-state index is 0.0366. The normalized spacial score (nSPS) is 15.0. The zero-order valence-electron chi connectivity index (χ0n) is 16.2. The molecule has 0 radical (unpaired) electrons. The highest BCUT2D eigenvalue weighted by atomic mass is 32.1. The Labute approximate surface area is 164 Å². The van der Waals surface area contributed by atoms with Crippen LogP contribution in [0, 0.1) is 0 Å². The zero-order chi connectivity index (χ0) is 19.2. The van der Waals surface area contributed by atoms with Crippen LogP contribution in [-0.4, -0.2) is 61.1 Å². The molecule has 0 unspecified atom stereocenters. The third-order valence-electron chi connectivity index (χ3n) is 4.74. The summed E-state index contributed by atoms with van der Waals surface area (Å²) in [5.41, 5.74) is 1.77. The number of benzene rings is 1. The Hall–Kier alpha value is -2.12. The standard InChI is InChI=1S/C20H27N3O3S/c1-4-5-19-21-16(14-27-19)13-22-8-10-23(11-9-22)20(24)15-6-7-17(25-2)18(12-15)26-3/h6-7,12,14H,4-5,8-11,13H2,1-3H3. The van der Waals surface area contributed by atoms with Crippen molar-refractivity contribution in [1.29, 1.82) is 0 Å². The number of carbonyl (C=O) groups excluding carboxylic acids is 1. The van der Waals surface area contributed by atoms with E-state index < -0.39 is 0 Å². The second kappa shape index (κ2) is 9.19. The highest BCUT2D eigenvalue weighted by molar-refractivity contribution is 7.09. The number of aryl methyl sites for hydroxylation is 1. The number of ether oxygens (including phenoxy) is 2. The van der Waals surface area contributed by atoms with Crippen LogP contribution in [-0.2, 0) is 13.0 Å². The lowest BCUT2D eigenvalue weighted by molar-refractivity contribution is 0.0627. The molecule has 2 aromatic rings. The van der Waals surface area contributed by atoms with Gasteiger partial charge in [-0.1, -0.05) is 6.92 Å². The number of thiazole rings is 1. The number of hydrogen-bond donors (Lipinski definition) is 0. The van der Waals surface area contributed by atoms with Crippen LogP contribution in [0.25, 0.3) is 0 Å². The molecule has 2 heterocycles. The van der Waals surface area contributed by atoms with Gasteiger partial charge in [0.1, 0.15) is 0 Å². The summed E-state index contributed by atoms with van der Waals surface area (Å²) < 4.78 is 10.5. The summed E-state index contributed by atoms with van der Waals surface area (Å²) in [5.74, 6) is 1.24. The molecule has 7 heteroatoms. The maximum absolute atomic E-state index is 12.8. The van der Waals surface area contributed by atoms with Gasteiger partial charge in [0.25, 0.3) is 5.91 Å². The van der Waals surface area contributed by atoms with Gasteiger partial charge in [0.15, 0.2) is 11.5 Å². The molecular formula is C20H27N3O3S. The van der Waals surface area contributed by atoms with Crippen LogP contribution in [0.15, 0.2) is 23.6 Å². The Morgan fingerprint density at radius 1 is 1.15 bits per heavy atom. The molecule has 6 nitrogen and oxygen atoms in total. The van der Waals surface area contributed by atoms with E-state index in [1.807, 2.05) is 4.90 Å². The smallest absolute Gasteiger partial charge is 0.254 e. The lowest BCUT2D eigenvalue weighted by atomic mass is 10.1. The Morgan fingerprint density at radius 2 is 1.89 bits per heavy atom. The zero-order valence-corrected chi connectivity index (χ0v) is 17.1. The van der Waals surface area contributed by atoms with Gasteiger partial charge in [0.05, 0.1) is 24.9 Å². The first-order valence-electron chi connectivity index (χ1n) is 9.31. The van der Waals surface area contributed by atoms with Gasteiger partial charge < -0.3 is 14.4 Å². The molecule has 1 aromatic carbocycles. The SMILES string of the molecule is CCCc1nc(CN2CCN(C(=O)c3ccc(OC)c(OC)c3)CC2)cs1. The van der Waals surface area contributed by atoms with Crippen molar-refractivity contribution in [2.24, 2.45) is 0 Å². The van der Waals surface area contributed by atoms with Crippen LogP contribution in [0.4, 0.5) is 0 Å². The lowest BCUT2D eigenvalue weighted by Crippen LogP contribution is -2.48. The summed E-state index contributed by atoms with van der Waals surface area (Å²) in [4.78, 5) is 21.8. The second-order valence-corrected chi connectivity index (χ2v) is 7.56. The Kier molecular flexibility index (Phi) is 6.68. The quantitative estimate of drug-likeness (QED) is 0.728. The predicted octanol–water partition coefficient (Wildman–Crippen LogP) is 3.07. The molecule has 0 aliphatic carbocycles. The first-order chi connectivity index (χ1) is 13.1. The number of aromatic nitrogens is 1. The van der Waals surface area contributed by atoms with Crippen molar-refractivity contribution in [2.45, 2.75) is 26.3 Å². The average Bonchev–Trinajstić information content (AvgIpc) is 3.14. The van der Waals surface area contributed by atoms with Gasteiger partial charge >= 0.3 is 0 Å². The van der Waals surface area contributed by atoms with E-state index in [0.29, 0.717) is 17.1 Å². The van der Waals surface area contributed by atoms with E-state index in [4.69, 9.17) is 14.5 Å². The first kappa shape index (κ1) is 19.6. The highest BCUT2D eigenvalue weighted by Crippen LogP contribution is 2.28. The van der Waals surface area contributed by atoms with E-state index in [9.17, 15) is 4.79 Å². The highest BCUT2D eigenvalue weighted by Gasteiger charge is 2.23. The van der Waals surface area contributed by atoms with Crippen molar-refractivity contribution < 1.29 is 14.3 Å². The van der Waals surface area contributed by atoms with Crippen molar-refractivity contribution in [1.82, 2.24) is 14.8 Å². The summed E-state index contributed by atoms with van der Waals surface area (Å²) in [6.45, 7) is 6.20. The third-order valence-corrected chi connectivity index (χ3v) is 5.70.